The minimum absolute atomic E-state index is 0.0475. The summed E-state index contributed by atoms with van der Waals surface area (Å²) in [6, 6.07) is 8.97. The molecule has 0 aromatic heterocycles. The molecule has 1 amide bonds. The lowest BCUT2D eigenvalue weighted by atomic mass is 10.2. The molecule has 1 aliphatic rings. The van der Waals surface area contributed by atoms with E-state index >= 15 is 0 Å². The molecule has 5 nitrogen and oxygen atoms in total. The van der Waals surface area contributed by atoms with E-state index in [0.29, 0.717) is 31.0 Å². The second-order valence-electron chi connectivity index (χ2n) is 4.83. The fraction of sp³-hybridized carbons (Fsp3) is 0.467. The molecular weight excluding hydrogens is 256 g/mol. The van der Waals surface area contributed by atoms with E-state index in [1.54, 1.807) is 36.1 Å². The summed E-state index contributed by atoms with van der Waals surface area (Å²) in [6.45, 7) is 5.35. The summed E-state index contributed by atoms with van der Waals surface area (Å²) >= 11 is 0. The van der Waals surface area contributed by atoms with Crippen molar-refractivity contribution in [3.63, 3.8) is 0 Å². The van der Waals surface area contributed by atoms with Gasteiger partial charge < -0.3 is 14.4 Å². The highest BCUT2D eigenvalue weighted by molar-refractivity contribution is 5.81. The van der Waals surface area contributed by atoms with Gasteiger partial charge in [-0.2, -0.15) is 5.26 Å². The van der Waals surface area contributed by atoms with Crippen LogP contribution >= 0.6 is 0 Å². The molecule has 0 saturated carbocycles. The highest BCUT2D eigenvalue weighted by Crippen LogP contribution is 2.19. The van der Waals surface area contributed by atoms with Crippen LogP contribution in [-0.2, 0) is 9.53 Å². The van der Waals surface area contributed by atoms with Crippen LogP contribution in [0.15, 0.2) is 24.3 Å². The fourth-order valence-corrected chi connectivity index (χ4v) is 2.18. The van der Waals surface area contributed by atoms with Crippen LogP contribution in [0.4, 0.5) is 0 Å². The van der Waals surface area contributed by atoms with Crippen molar-refractivity contribution in [2.75, 3.05) is 19.7 Å². The number of amides is 1. The average Bonchev–Trinajstić information content (AvgIpc) is 2.47. The van der Waals surface area contributed by atoms with Gasteiger partial charge in [-0.1, -0.05) is 12.1 Å². The maximum absolute atomic E-state index is 12.3. The summed E-state index contributed by atoms with van der Waals surface area (Å²) < 4.78 is 11.0. The van der Waals surface area contributed by atoms with E-state index in [2.05, 4.69) is 6.07 Å². The highest BCUT2D eigenvalue weighted by Gasteiger charge is 2.26. The second kappa shape index (κ2) is 6.40. The lowest BCUT2D eigenvalue weighted by molar-refractivity contribution is -0.144. The van der Waals surface area contributed by atoms with Crippen LogP contribution in [0.2, 0.25) is 0 Å². The van der Waals surface area contributed by atoms with Gasteiger partial charge in [0, 0.05) is 13.1 Å². The van der Waals surface area contributed by atoms with Crippen LogP contribution in [0.25, 0.3) is 0 Å². The summed E-state index contributed by atoms with van der Waals surface area (Å²) in [5.41, 5.74) is 0.433. The topological polar surface area (TPSA) is 62.6 Å². The number of ether oxygens (including phenoxy) is 2. The molecule has 5 heteroatoms. The van der Waals surface area contributed by atoms with Gasteiger partial charge in [-0.05, 0) is 26.0 Å². The number of rotatable bonds is 3. The highest BCUT2D eigenvalue weighted by atomic mass is 16.5. The molecule has 0 aliphatic carbocycles. The first kappa shape index (κ1) is 14.4. The third-order valence-corrected chi connectivity index (χ3v) is 3.21. The minimum atomic E-state index is -0.616. The SMILES string of the molecule is CC1CN(C(=O)C(C)Oc2ccccc2C#N)CCO1. The number of morpholine rings is 1. The van der Waals surface area contributed by atoms with Gasteiger partial charge in [0.2, 0.25) is 0 Å². The molecule has 1 saturated heterocycles. The van der Waals surface area contributed by atoms with Crippen molar-refractivity contribution in [2.24, 2.45) is 0 Å². The third-order valence-electron chi connectivity index (χ3n) is 3.21. The van der Waals surface area contributed by atoms with Crippen molar-refractivity contribution in [3.05, 3.63) is 29.8 Å². The second-order valence-corrected chi connectivity index (χ2v) is 4.83. The summed E-state index contributed by atoms with van der Waals surface area (Å²) in [7, 11) is 0. The molecule has 1 aromatic rings. The molecule has 2 rings (SSSR count). The Morgan fingerprint density at radius 1 is 1.55 bits per heavy atom. The van der Waals surface area contributed by atoms with Crippen molar-refractivity contribution in [1.82, 2.24) is 4.90 Å². The molecular formula is C15H18N2O3. The number of para-hydroxylation sites is 1. The Morgan fingerprint density at radius 3 is 3.00 bits per heavy atom. The van der Waals surface area contributed by atoms with Crippen molar-refractivity contribution < 1.29 is 14.3 Å². The Labute approximate surface area is 118 Å². The first-order chi connectivity index (χ1) is 9.61. The zero-order valence-corrected chi connectivity index (χ0v) is 11.7. The summed E-state index contributed by atoms with van der Waals surface area (Å²) in [4.78, 5) is 14.1. The van der Waals surface area contributed by atoms with Gasteiger partial charge in [0.15, 0.2) is 6.10 Å². The van der Waals surface area contributed by atoms with Crippen molar-refractivity contribution in [3.8, 4) is 11.8 Å². The van der Waals surface area contributed by atoms with Gasteiger partial charge in [-0.25, -0.2) is 0 Å². The van der Waals surface area contributed by atoms with E-state index in [1.165, 1.54) is 0 Å². The smallest absolute Gasteiger partial charge is 0.263 e. The predicted octanol–water partition coefficient (Wildman–Crippen LogP) is 1.57. The quantitative estimate of drug-likeness (QED) is 0.839. The largest absolute Gasteiger partial charge is 0.480 e. The zero-order valence-electron chi connectivity index (χ0n) is 11.7. The Hall–Kier alpha value is -2.06. The van der Waals surface area contributed by atoms with Crippen LogP contribution in [0.5, 0.6) is 5.75 Å². The molecule has 0 radical (unpaired) electrons. The normalized spacial score (nSPS) is 20.1. The summed E-state index contributed by atoms with van der Waals surface area (Å²) in [5, 5.41) is 9.01. The maximum Gasteiger partial charge on any atom is 0.263 e. The van der Waals surface area contributed by atoms with E-state index in [4.69, 9.17) is 14.7 Å². The van der Waals surface area contributed by atoms with Gasteiger partial charge in [0.1, 0.15) is 11.8 Å². The molecule has 1 fully saturated rings. The van der Waals surface area contributed by atoms with Crippen molar-refractivity contribution >= 4 is 5.91 Å². The van der Waals surface area contributed by atoms with Crippen LogP contribution in [0.1, 0.15) is 19.4 Å². The predicted molar refractivity (Wildman–Crippen MR) is 73.2 cm³/mol. The minimum Gasteiger partial charge on any atom is -0.480 e. The van der Waals surface area contributed by atoms with Gasteiger partial charge in [0.25, 0.3) is 5.91 Å². The van der Waals surface area contributed by atoms with E-state index in [-0.39, 0.29) is 12.0 Å². The Morgan fingerprint density at radius 2 is 2.30 bits per heavy atom. The Balaban J connectivity index is 2.02. The summed E-state index contributed by atoms with van der Waals surface area (Å²) in [5.74, 6) is 0.366. The van der Waals surface area contributed by atoms with Crippen LogP contribution in [0.3, 0.4) is 0 Å². The molecule has 2 unspecified atom stereocenters. The third kappa shape index (κ3) is 3.28. The van der Waals surface area contributed by atoms with Gasteiger partial charge in [-0.3, -0.25) is 4.79 Å². The standard InChI is InChI=1S/C15H18N2O3/c1-11-10-17(7-8-19-11)15(18)12(2)20-14-6-4-3-5-13(14)9-16/h3-6,11-12H,7-8,10H2,1-2H3. The van der Waals surface area contributed by atoms with Gasteiger partial charge in [-0.15, -0.1) is 0 Å². The Kier molecular flexibility index (Phi) is 4.59. The number of hydrogen-bond acceptors (Lipinski definition) is 4. The molecule has 1 heterocycles. The summed E-state index contributed by atoms with van der Waals surface area (Å²) in [6.07, 6.45) is -0.568. The van der Waals surface area contributed by atoms with E-state index < -0.39 is 6.10 Å². The lowest BCUT2D eigenvalue weighted by Gasteiger charge is -2.32. The first-order valence-corrected chi connectivity index (χ1v) is 6.68. The zero-order chi connectivity index (χ0) is 14.5. The van der Waals surface area contributed by atoms with Gasteiger partial charge >= 0.3 is 0 Å². The molecule has 0 bridgehead atoms. The molecule has 20 heavy (non-hydrogen) atoms. The molecule has 106 valence electrons. The number of hydrogen-bond donors (Lipinski definition) is 0. The number of carbonyl (C=O) groups excluding carboxylic acids is 1. The molecule has 1 aliphatic heterocycles. The van der Waals surface area contributed by atoms with E-state index in [0.717, 1.165) is 0 Å². The average molecular weight is 274 g/mol. The molecule has 2 atom stereocenters. The number of nitrogens with zero attached hydrogens (tertiary/aromatic N) is 2. The lowest BCUT2D eigenvalue weighted by Crippen LogP contribution is -2.49. The van der Waals surface area contributed by atoms with Crippen molar-refractivity contribution in [1.29, 1.82) is 5.26 Å². The Bertz CT molecular complexity index is 524. The van der Waals surface area contributed by atoms with Crippen LogP contribution in [0, 0.1) is 11.3 Å². The number of nitriles is 1. The van der Waals surface area contributed by atoms with Crippen LogP contribution < -0.4 is 4.74 Å². The van der Waals surface area contributed by atoms with Crippen molar-refractivity contribution in [2.45, 2.75) is 26.1 Å². The van der Waals surface area contributed by atoms with Crippen LogP contribution in [-0.4, -0.2) is 42.7 Å². The fourth-order valence-electron chi connectivity index (χ4n) is 2.18. The van der Waals surface area contributed by atoms with E-state index in [1.807, 2.05) is 6.92 Å². The molecule has 0 spiro atoms. The van der Waals surface area contributed by atoms with E-state index in [9.17, 15) is 4.79 Å². The molecule has 1 aromatic carbocycles. The maximum atomic E-state index is 12.3. The number of benzene rings is 1. The monoisotopic (exact) mass is 274 g/mol. The number of carbonyl (C=O) groups is 1. The first-order valence-electron chi connectivity index (χ1n) is 6.68. The molecule has 0 N–H and O–H groups in total. The van der Waals surface area contributed by atoms with Gasteiger partial charge in [0.05, 0.1) is 18.3 Å².